The fourth-order valence-electron chi connectivity index (χ4n) is 3.85. The summed E-state index contributed by atoms with van der Waals surface area (Å²) >= 11 is 0. The van der Waals surface area contributed by atoms with Crippen LogP contribution in [0.25, 0.3) is 10.9 Å². The van der Waals surface area contributed by atoms with E-state index in [1.165, 1.54) is 48.0 Å². The molecule has 0 saturated carbocycles. The molecule has 0 spiro atoms. The average molecular weight is 270 g/mol. The maximum absolute atomic E-state index is 6.17. The molecule has 4 heteroatoms. The second-order valence-electron chi connectivity index (χ2n) is 6.05. The van der Waals surface area contributed by atoms with Crippen molar-refractivity contribution in [2.24, 2.45) is 0 Å². The van der Waals surface area contributed by atoms with E-state index in [0.717, 1.165) is 25.2 Å². The van der Waals surface area contributed by atoms with E-state index in [4.69, 9.17) is 5.73 Å². The molecule has 2 aromatic rings. The summed E-state index contributed by atoms with van der Waals surface area (Å²) in [6.07, 6.45) is 5.54. The quantitative estimate of drug-likeness (QED) is 0.736. The Labute approximate surface area is 119 Å². The first-order chi connectivity index (χ1) is 9.83. The standard InChI is InChI=1S/C16H22N4/c17-14-10-19-15-4-2-11-1-3-12(9-13(11)16(14)15)20-7-5-18-6-8-20/h2,4,10,12,18-19H,1,3,5-9,17H2/t12-/m1/s1. The van der Waals surface area contributed by atoms with Gasteiger partial charge in [0, 0.05) is 49.3 Å². The number of nitrogens with two attached hydrogens (primary N) is 1. The molecule has 0 unspecified atom stereocenters. The number of nitrogens with one attached hydrogen (secondary N) is 2. The Morgan fingerprint density at radius 2 is 2.05 bits per heavy atom. The number of H-pyrrole nitrogens is 1. The number of nitrogen functional groups attached to an aromatic ring is 1. The minimum atomic E-state index is 0.685. The van der Waals surface area contributed by atoms with E-state index in [9.17, 15) is 0 Å². The van der Waals surface area contributed by atoms with E-state index in [2.05, 4.69) is 27.3 Å². The molecule has 4 N–H and O–H groups in total. The second-order valence-corrected chi connectivity index (χ2v) is 6.05. The summed E-state index contributed by atoms with van der Waals surface area (Å²) in [4.78, 5) is 5.94. The van der Waals surface area contributed by atoms with Crippen molar-refractivity contribution in [3.05, 3.63) is 29.5 Å². The van der Waals surface area contributed by atoms with E-state index in [-0.39, 0.29) is 0 Å². The summed E-state index contributed by atoms with van der Waals surface area (Å²) in [6, 6.07) is 5.14. The molecule has 1 atom stereocenters. The summed E-state index contributed by atoms with van der Waals surface area (Å²) in [5.41, 5.74) is 11.2. The van der Waals surface area contributed by atoms with Gasteiger partial charge in [-0.2, -0.15) is 0 Å². The first kappa shape index (κ1) is 12.2. The predicted molar refractivity (Wildman–Crippen MR) is 83.0 cm³/mol. The molecule has 0 bridgehead atoms. The van der Waals surface area contributed by atoms with Gasteiger partial charge in [0.1, 0.15) is 0 Å². The van der Waals surface area contributed by atoms with Gasteiger partial charge in [0.15, 0.2) is 0 Å². The lowest BCUT2D eigenvalue weighted by Crippen LogP contribution is -2.50. The Hall–Kier alpha value is -1.52. The van der Waals surface area contributed by atoms with Gasteiger partial charge in [-0.05, 0) is 36.5 Å². The van der Waals surface area contributed by atoms with Gasteiger partial charge in [-0.1, -0.05) is 6.07 Å². The van der Waals surface area contributed by atoms with Crippen molar-refractivity contribution in [3.8, 4) is 0 Å². The largest absolute Gasteiger partial charge is 0.397 e. The van der Waals surface area contributed by atoms with Crippen molar-refractivity contribution in [2.75, 3.05) is 31.9 Å². The first-order valence-electron chi connectivity index (χ1n) is 7.65. The van der Waals surface area contributed by atoms with Gasteiger partial charge in [-0.15, -0.1) is 0 Å². The molecule has 0 amide bonds. The number of piperazine rings is 1. The van der Waals surface area contributed by atoms with Crippen molar-refractivity contribution < 1.29 is 0 Å². The van der Waals surface area contributed by atoms with Crippen LogP contribution in [0.2, 0.25) is 0 Å². The summed E-state index contributed by atoms with van der Waals surface area (Å²) in [6.45, 7) is 4.61. The SMILES string of the molecule is Nc1c[nH]c2ccc3c(c12)C[C@H](N1CCNCC1)CC3. The van der Waals surface area contributed by atoms with Crippen molar-refractivity contribution in [2.45, 2.75) is 25.3 Å². The lowest BCUT2D eigenvalue weighted by Gasteiger charge is -2.38. The van der Waals surface area contributed by atoms with Crippen LogP contribution in [0.4, 0.5) is 5.69 Å². The van der Waals surface area contributed by atoms with E-state index >= 15 is 0 Å². The molecular formula is C16H22N4. The van der Waals surface area contributed by atoms with Crippen LogP contribution in [0.1, 0.15) is 17.5 Å². The van der Waals surface area contributed by atoms with E-state index in [1.807, 2.05) is 6.20 Å². The average Bonchev–Trinajstić information content (AvgIpc) is 2.89. The molecule has 1 saturated heterocycles. The molecule has 4 rings (SSSR count). The number of aromatic nitrogens is 1. The lowest BCUT2D eigenvalue weighted by atomic mass is 9.85. The molecule has 4 nitrogen and oxygen atoms in total. The Balaban J connectivity index is 1.70. The monoisotopic (exact) mass is 270 g/mol. The number of nitrogens with zero attached hydrogens (tertiary/aromatic N) is 1. The van der Waals surface area contributed by atoms with Gasteiger partial charge in [-0.3, -0.25) is 4.90 Å². The topological polar surface area (TPSA) is 57.1 Å². The normalized spacial score (nSPS) is 23.9. The highest BCUT2D eigenvalue weighted by molar-refractivity contribution is 5.95. The third-order valence-electron chi connectivity index (χ3n) is 4.94. The number of anilines is 1. The van der Waals surface area contributed by atoms with Crippen LogP contribution >= 0.6 is 0 Å². The summed E-state index contributed by atoms with van der Waals surface area (Å²) in [5, 5.41) is 4.71. The number of benzene rings is 1. The molecule has 0 radical (unpaired) electrons. The van der Waals surface area contributed by atoms with Gasteiger partial charge in [-0.25, -0.2) is 0 Å². The summed E-state index contributed by atoms with van der Waals surface area (Å²) in [5.74, 6) is 0. The molecule has 1 aromatic heterocycles. The minimum Gasteiger partial charge on any atom is -0.397 e. The Kier molecular flexibility index (Phi) is 2.93. The zero-order chi connectivity index (χ0) is 13.5. The van der Waals surface area contributed by atoms with Crippen LogP contribution in [0.3, 0.4) is 0 Å². The van der Waals surface area contributed by atoms with Gasteiger partial charge < -0.3 is 16.0 Å². The van der Waals surface area contributed by atoms with E-state index in [0.29, 0.717) is 6.04 Å². The highest BCUT2D eigenvalue weighted by atomic mass is 15.2. The van der Waals surface area contributed by atoms with Crippen LogP contribution in [-0.2, 0) is 12.8 Å². The zero-order valence-corrected chi connectivity index (χ0v) is 11.8. The second kappa shape index (κ2) is 4.79. The van der Waals surface area contributed by atoms with Crippen LogP contribution in [0.5, 0.6) is 0 Å². The number of rotatable bonds is 1. The van der Waals surface area contributed by atoms with E-state index < -0.39 is 0 Å². The Morgan fingerprint density at radius 3 is 2.90 bits per heavy atom. The van der Waals surface area contributed by atoms with Gasteiger partial charge in [0.25, 0.3) is 0 Å². The summed E-state index contributed by atoms with van der Waals surface area (Å²) in [7, 11) is 0. The predicted octanol–water partition coefficient (Wildman–Crippen LogP) is 1.51. The molecule has 1 aliphatic carbocycles. The molecule has 1 aliphatic heterocycles. The first-order valence-corrected chi connectivity index (χ1v) is 7.65. The van der Waals surface area contributed by atoms with Crippen molar-refractivity contribution in [3.63, 3.8) is 0 Å². The maximum Gasteiger partial charge on any atom is 0.0574 e. The molecule has 1 fully saturated rings. The zero-order valence-electron chi connectivity index (χ0n) is 11.8. The number of hydrogen-bond acceptors (Lipinski definition) is 3. The van der Waals surface area contributed by atoms with Gasteiger partial charge in [0.05, 0.1) is 5.69 Å². The molecular weight excluding hydrogens is 248 g/mol. The van der Waals surface area contributed by atoms with Gasteiger partial charge in [0.2, 0.25) is 0 Å². The summed E-state index contributed by atoms with van der Waals surface area (Å²) < 4.78 is 0. The van der Waals surface area contributed by atoms with Crippen LogP contribution in [-0.4, -0.2) is 42.1 Å². The molecule has 106 valence electrons. The smallest absolute Gasteiger partial charge is 0.0574 e. The molecule has 2 heterocycles. The lowest BCUT2D eigenvalue weighted by molar-refractivity contribution is 0.159. The van der Waals surface area contributed by atoms with Gasteiger partial charge >= 0.3 is 0 Å². The van der Waals surface area contributed by atoms with Crippen molar-refractivity contribution in [1.29, 1.82) is 0 Å². The van der Waals surface area contributed by atoms with Crippen LogP contribution in [0, 0.1) is 0 Å². The molecule has 20 heavy (non-hydrogen) atoms. The number of aromatic amines is 1. The Bertz CT molecular complexity index is 625. The number of aryl methyl sites for hydroxylation is 1. The third-order valence-corrected chi connectivity index (χ3v) is 4.94. The highest BCUT2D eigenvalue weighted by Gasteiger charge is 2.27. The highest BCUT2D eigenvalue weighted by Crippen LogP contribution is 2.33. The third kappa shape index (κ3) is 1.91. The number of hydrogen-bond donors (Lipinski definition) is 3. The van der Waals surface area contributed by atoms with Crippen LogP contribution in [0.15, 0.2) is 18.3 Å². The van der Waals surface area contributed by atoms with Crippen molar-refractivity contribution >= 4 is 16.6 Å². The number of fused-ring (bicyclic) bond motifs is 3. The Morgan fingerprint density at radius 1 is 1.20 bits per heavy atom. The minimum absolute atomic E-state index is 0.685. The fraction of sp³-hybridized carbons (Fsp3) is 0.500. The molecule has 1 aromatic carbocycles. The maximum atomic E-state index is 6.17. The van der Waals surface area contributed by atoms with E-state index in [1.54, 1.807) is 0 Å². The van der Waals surface area contributed by atoms with Crippen molar-refractivity contribution in [1.82, 2.24) is 15.2 Å². The molecule has 2 aliphatic rings. The fourth-order valence-corrected chi connectivity index (χ4v) is 3.85. The van der Waals surface area contributed by atoms with Crippen LogP contribution < -0.4 is 11.1 Å².